The van der Waals surface area contributed by atoms with E-state index in [2.05, 4.69) is 27.7 Å². The van der Waals surface area contributed by atoms with Gasteiger partial charge in [0.15, 0.2) is 0 Å². The third-order valence-corrected chi connectivity index (χ3v) is 4.88. The second-order valence-corrected chi connectivity index (χ2v) is 6.69. The first kappa shape index (κ1) is 12.9. The fraction of sp³-hybridized carbons (Fsp3) is 1.00. The van der Waals surface area contributed by atoms with Crippen molar-refractivity contribution in [2.24, 2.45) is 16.2 Å². The van der Waals surface area contributed by atoms with Crippen molar-refractivity contribution in [3.8, 4) is 0 Å². The van der Waals surface area contributed by atoms with Gasteiger partial charge in [-0.25, -0.2) is 8.78 Å². The van der Waals surface area contributed by atoms with Gasteiger partial charge < -0.3 is 0 Å². The SMILES string of the molecule is CCC1(C(C)(F)F)CC(C)(C(C)(C)C)C1. The van der Waals surface area contributed by atoms with Crippen LogP contribution < -0.4 is 0 Å². The van der Waals surface area contributed by atoms with Crippen LogP contribution >= 0.6 is 0 Å². The minimum absolute atomic E-state index is 0.0719. The Kier molecular flexibility index (Phi) is 2.74. The smallest absolute Gasteiger partial charge is 0.207 e. The van der Waals surface area contributed by atoms with Gasteiger partial charge in [0.1, 0.15) is 0 Å². The van der Waals surface area contributed by atoms with Crippen LogP contribution in [0.1, 0.15) is 60.8 Å². The van der Waals surface area contributed by atoms with Crippen molar-refractivity contribution in [1.29, 1.82) is 0 Å². The molecule has 1 saturated carbocycles. The average molecular weight is 218 g/mol. The lowest BCUT2D eigenvalue weighted by molar-refractivity contribution is -0.224. The van der Waals surface area contributed by atoms with E-state index in [1.165, 1.54) is 0 Å². The van der Waals surface area contributed by atoms with Gasteiger partial charge >= 0.3 is 0 Å². The summed E-state index contributed by atoms with van der Waals surface area (Å²) in [5, 5.41) is 0. The third kappa shape index (κ3) is 1.81. The van der Waals surface area contributed by atoms with Crippen molar-refractivity contribution >= 4 is 0 Å². The number of halogens is 2. The molecule has 1 aliphatic rings. The van der Waals surface area contributed by atoms with Crippen LogP contribution in [-0.4, -0.2) is 5.92 Å². The zero-order valence-electron chi connectivity index (χ0n) is 10.9. The van der Waals surface area contributed by atoms with Crippen LogP contribution in [0.25, 0.3) is 0 Å². The van der Waals surface area contributed by atoms with Gasteiger partial charge in [0.25, 0.3) is 5.92 Å². The second kappa shape index (κ2) is 3.18. The van der Waals surface area contributed by atoms with Crippen LogP contribution in [0, 0.1) is 16.2 Å². The molecule has 1 fully saturated rings. The van der Waals surface area contributed by atoms with Gasteiger partial charge in [0.05, 0.1) is 0 Å². The van der Waals surface area contributed by atoms with Gasteiger partial charge in [-0.2, -0.15) is 0 Å². The van der Waals surface area contributed by atoms with E-state index in [0.717, 1.165) is 6.92 Å². The fourth-order valence-electron chi connectivity index (χ4n) is 2.84. The molecule has 0 saturated heterocycles. The molecule has 0 nitrogen and oxygen atoms in total. The summed E-state index contributed by atoms with van der Waals surface area (Å²) in [4.78, 5) is 0. The summed E-state index contributed by atoms with van der Waals surface area (Å²) in [6, 6.07) is 0. The Bertz CT molecular complexity index is 236. The average Bonchev–Trinajstić information content (AvgIpc) is 1.93. The summed E-state index contributed by atoms with van der Waals surface area (Å²) in [7, 11) is 0. The highest BCUT2D eigenvalue weighted by atomic mass is 19.3. The molecular weight excluding hydrogens is 194 g/mol. The van der Waals surface area contributed by atoms with Crippen LogP contribution in [0.3, 0.4) is 0 Å². The standard InChI is InChI=1S/C13H24F2/c1-7-13(12(6,14)15)8-11(5,9-13)10(2,3)4/h7-9H2,1-6H3. The van der Waals surface area contributed by atoms with Crippen LogP contribution in [0.2, 0.25) is 0 Å². The van der Waals surface area contributed by atoms with Gasteiger partial charge in [-0.15, -0.1) is 0 Å². The molecule has 15 heavy (non-hydrogen) atoms. The highest BCUT2D eigenvalue weighted by molar-refractivity contribution is 5.09. The molecule has 0 aromatic carbocycles. The molecule has 1 aliphatic carbocycles. The first-order valence-electron chi connectivity index (χ1n) is 5.85. The van der Waals surface area contributed by atoms with E-state index >= 15 is 0 Å². The van der Waals surface area contributed by atoms with Gasteiger partial charge in [-0.05, 0) is 37.0 Å². The van der Waals surface area contributed by atoms with Gasteiger partial charge in [0.2, 0.25) is 0 Å². The third-order valence-electron chi connectivity index (χ3n) is 4.88. The van der Waals surface area contributed by atoms with Gasteiger partial charge in [-0.3, -0.25) is 0 Å². The molecule has 2 heteroatoms. The van der Waals surface area contributed by atoms with Crippen LogP contribution in [0.15, 0.2) is 0 Å². The Morgan fingerprint density at radius 2 is 1.47 bits per heavy atom. The first-order chi connectivity index (χ1) is 6.47. The largest absolute Gasteiger partial charge is 0.250 e. The van der Waals surface area contributed by atoms with Crippen LogP contribution in [-0.2, 0) is 0 Å². The molecule has 0 heterocycles. The van der Waals surface area contributed by atoms with E-state index in [-0.39, 0.29) is 10.8 Å². The zero-order chi connectivity index (χ0) is 12.1. The number of hydrogen-bond donors (Lipinski definition) is 0. The number of alkyl halides is 2. The minimum Gasteiger partial charge on any atom is -0.207 e. The van der Waals surface area contributed by atoms with Crippen molar-refractivity contribution < 1.29 is 8.78 Å². The Labute approximate surface area is 92.4 Å². The Balaban J connectivity index is 2.84. The summed E-state index contributed by atoms with van der Waals surface area (Å²) in [6.07, 6.45) is 1.90. The Morgan fingerprint density at radius 3 is 1.67 bits per heavy atom. The normalized spacial score (nSPS) is 37.6. The van der Waals surface area contributed by atoms with Gasteiger partial charge in [0, 0.05) is 5.41 Å². The summed E-state index contributed by atoms with van der Waals surface area (Å²) in [5.74, 6) is -2.54. The molecule has 0 aliphatic heterocycles. The fourth-order valence-corrected chi connectivity index (χ4v) is 2.84. The molecule has 0 atom stereocenters. The molecular formula is C13H24F2. The van der Waals surface area contributed by atoms with E-state index < -0.39 is 11.3 Å². The molecule has 1 rings (SSSR count). The summed E-state index contributed by atoms with van der Waals surface area (Å²) in [6.45, 7) is 11.6. The molecule has 90 valence electrons. The lowest BCUT2D eigenvalue weighted by Crippen LogP contribution is -2.58. The predicted octanol–water partition coefficient (Wildman–Crippen LogP) is 4.88. The summed E-state index contributed by atoms with van der Waals surface area (Å²) in [5.41, 5.74) is -0.547. The van der Waals surface area contributed by atoms with Gasteiger partial charge in [-0.1, -0.05) is 34.6 Å². The number of hydrogen-bond acceptors (Lipinski definition) is 0. The maximum atomic E-state index is 13.6. The maximum absolute atomic E-state index is 13.6. The molecule has 0 unspecified atom stereocenters. The van der Waals surface area contributed by atoms with Crippen LogP contribution in [0.5, 0.6) is 0 Å². The van der Waals surface area contributed by atoms with E-state index in [1.54, 1.807) is 0 Å². The highest BCUT2D eigenvalue weighted by Gasteiger charge is 2.64. The Morgan fingerprint density at radius 1 is 1.07 bits per heavy atom. The first-order valence-corrected chi connectivity index (χ1v) is 5.85. The molecule has 0 bridgehead atoms. The molecule has 0 spiro atoms. The van der Waals surface area contributed by atoms with E-state index in [9.17, 15) is 8.78 Å². The van der Waals surface area contributed by atoms with Crippen molar-refractivity contribution in [1.82, 2.24) is 0 Å². The molecule has 0 amide bonds. The molecule has 0 radical (unpaired) electrons. The monoisotopic (exact) mass is 218 g/mol. The van der Waals surface area contributed by atoms with Crippen molar-refractivity contribution in [2.45, 2.75) is 66.7 Å². The molecule has 0 aromatic heterocycles. The highest BCUT2D eigenvalue weighted by Crippen LogP contribution is 2.68. The van der Waals surface area contributed by atoms with E-state index in [0.29, 0.717) is 19.3 Å². The minimum atomic E-state index is -2.54. The second-order valence-electron chi connectivity index (χ2n) is 6.69. The predicted molar refractivity (Wildman–Crippen MR) is 60.1 cm³/mol. The zero-order valence-corrected chi connectivity index (χ0v) is 10.9. The van der Waals surface area contributed by atoms with Crippen molar-refractivity contribution in [3.63, 3.8) is 0 Å². The van der Waals surface area contributed by atoms with E-state index in [4.69, 9.17) is 0 Å². The number of rotatable bonds is 2. The molecule has 0 N–H and O–H groups in total. The Hall–Kier alpha value is -0.140. The van der Waals surface area contributed by atoms with Crippen molar-refractivity contribution in [2.75, 3.05) is 0 Å². The quantitative estimate of drug-likeness (QED) is 0.619. The lowest BCUT2D eigenvalue weighted by Gasteiger charge is -2.62. The lowest BCUT2D eigenvalue weighted by atomic mass is 9.43. The summed E-state index contributed by atoms with van der Waals surface area (Å²) >= 11 is 0. The van der Waals surface area contributed by atoms with Crippen molar-refractivity contribution in [3.05, 3.63) is 0 Å². The topological polar surface area (TPSA) is 0 Å². The van der Waals surface area contributed by atoms with Crippen LogP contribution in [0.4, 0.5) is 8.78 Å². The van der Waals surface area contributed by atoms with E-state index in [1.807, 2.05) is 6.92 Å². The molecule has 0 aromatic rings. The summed E-state index contributed by atoms with van der Waals surface area (Å²) < 4.78 is 27.1. The maximum Gasteiger partial charge on any atom is 0.250 e.